The van der Waals surface area contributed by atoms with Crippen LogP contribution in [0.15, 0.2) is 35.7 Å². The van der Waals surface area contributed by atoms with Gasteiger partial charge in [-0.05, 0) is 30.4 Å². The number of nitrogens with zero attached hydrogens (tertiary/aromatic N) is 1. The van der Waals surface area contributed by atoms with Crippen molar-refractivity contribution in [2.75, 3.05) is 5.32 Å². The number of halogens is 2. The lowest BCUT2D eigenvalue weighted by Gasteiger charge is -2.23. The highest BCUT2D eigenvalue weighted by Gasteiger charge is 2.51. The number of hydrogen-bond acceptors (Lipinski definition) is 4. The lowest BCUT2D eigenvalue weighted by atomic mass is 9.82. The number of hydrogen-bond donors (Lipinski definition) is 2. The number of fused-ring (bicyclic) bond motifs is 2. The molecule has 0 spiro atoms. The van der Waals surface area contributed by atoms with Gasteiger partial charge in [0.15, 0.2) is 5.13 Å². The van der Waals surface area contributed by atoms with Crippen LogP contribution in [-0.2, 0) is 9.59 Å². The molecule has 1 amide bonds. The summed E-state index contributed by atoms with van der Waals surface area (Å²) in [5, 5.41) is 15.4. The highest BCUT2D eigenvalue weighted by Crippen LogP contribution is 2.48. The topological polar surface area (TPSA) is 79.3 Å². The maximum Gasteiger partial charge on any atom is 0.307 e. The van der Waals surface area contributed by atoms with Crippen molar-refractivity contribution in [3.63, 3.8) is 0 Å². The Balaban J connectivity index is 1.52. The number of carbonyl (C=O) groups is 2. The first kappa shape index (κ1) is 17.5. The van der Waals surface area contributed by atoms with E-state index in [1.165, 1.54) is 11.3 Å². The number of thiazole rings is 1. The van der Waals surface area contributed by atoms with Crippen LogP contribution in [0, 0.1) is 23.7 Å². The Morgan fingerprint density at radius 2 is 1.88 bits per heavy atom. The molecule has 26 heavy (non-hydrogen) atoms. The molecular weight excluding hydrogens is 395 g/mol. The Bertz CT molecular complexity index is 927. The van der Waals surface area contributed by atoms with Crippen molar-refractivity contribution in [3.8, 4) is 11.3 Å². The number of allylic oxidation sites excluding steroid dienone is 2. The van der Waals surface area contributed by atoms with Gasteiger partial charge in [0.1, 0.15) is 0 Å². The van der Waals surface area contributed by atoms with Crippen LogP contribution in [0.5, 0.6) is 0 Å². The van der Waals surface area contributed by atoms with Crippen LogP contribution < -0.4 is 5.32 Å². The summed E-state index contributed by atoms with van der Waals surface area (Å²) < 4.78 is 0. The average molecular weight is 409 g/mol. The monoisotopic (exact) mass is 408 g/mol. The molecule has 0 radical (unpaired) electrons. The van der Waals surface area contributed by atoms with E-state index in [1.54, 1.807) is 18.2 Å². The second kappa shape index (κ2) is 6.68. The van der Waals surface area contributed by atoms with Crippen LogP contribution >= 0.6 is 34.5 Å². The van der Waals surface area contributed by atoms with E-state index in [4.69, 9.17) is 23.2 Å². The summed E-state index contributed by atoms with van der Waals surface area (Å²) in [7, 11) is 0. The van der Waals surface area contributed by atoms with E-state index in [2.05, 4.69) is 10.3 Å². The van der Waals surface area contributed by atoms with Crippen molar-refractivity contribution in [2.45, 2.75) is 6.42 Å². The summed E-state index contributed by atoms with van der Waals surface area (Å²) in [5.74, 6) is -2.51. The number of aliphatic carboxylic acids is 1. The zero-order chi connectivity index (χ0) is 18.4. The number of carboxylic acid groups (broad SMARTS) is 1. The van der Waals surface area contributed by atoms with Crippen molar-refractivity contribution in [1.29, 1.82) is 0 Å². The molecular formula is C18H14Cl2N2O3S. The molecule has 134 valence electrons. The van der Waals surface area contributed by atoms with E-state index in [0.717, 1.165) is 12.0 Å². The fourth-order valence-corrected chi connectivity index (χ4v) is 4.84. The number of rotatable bonds is 4. The number of anilines is 1. The van der Waals surface area contributed by atoms with Gasteiger partial charge in [-0.25, -0.2) is 4.98 Å². The van der Waals surface area contributed by atoms with Gasteiger partial charge in [0.25, 0.3) is 0 Å². The molecule has 1 fully saturated rings. The molecule has 2 aliphatic carbocycles. The SMILES string of the molecule is O=C(Nc1nc(-c2ccc(Cl)c(Cl)c2)cs1)[C@@H]1[C@H](C(=O)O)[C@H]2C=C[C@H]1C2. The molecule has 0 unspecified atom stereocenters. The summed E-state index contributed by atoms with van der Waals surface area (Å²) in [6.45, 7) is 0. The Morgan fingerprint density at radius 3 is 2.58 bits per heavy atom. The van der Waals surface area contributed by atoms with Gasteiger partial charge in [0, 0.05) is 10.9 Å². The van der Waals surface area contributed by atoms with Gasteiger partial charge in [-0.15, -0.1) is 11.3 Å². The highest BCUT2D eigenvalue weighted by molar-refractivity contribution is 7.14. The Morgan fingerprint density at radius 1 is 1.15 bits per heavy atom. The standard InChI is InChI=1S/C18H14Cl2N2O3S/c19-11-4-3-8(6-12(11)20)13-7-26-18(21-13)22-16(23)14-9-1-2-10(5-9)15(14)17(24)25/h1-4,6-7,9-10,14-15H,5H2,(H,24,25)(H,21,22,23)/t9-,10-,14-,15+/m0/s1. The van der Waals surface area contributed by atoms with Crippen LogP contribution in [-0.4, -0.2) is 22.0 Å². The predicted molar refractivity (Wildman–Crippen MR) is 102 cm³/mol. The Kier molecular flexibility index (Phi) is 4.50. The number of carbonyl (C=O) groups excluding carboxylic acids is 1. The quantitative estimate of drug-likeness (QED) is 0.725. The Hall–Kier alpha value is -1.89. The number of amides is 1. The van der Waals surface area contributed by atoms with Gasteiger partial charge in [0.2, 0.25) is 5.91 Å². The minimum absolute atomic E-state index is 0.0180. The van der Waals surface area contributed by atoms with Crippen LogP contribution in [0.2, 0.25) is 10.0 Å². The van der Waals surface area contributed by atoms with E-state index >= 15 is 0 Å². The second-order valence-electron chi connectivity index (χ2n) is 6.49. The first-order chi connectivity index (χ1) is 12.4. The Labute approximate surface area is 163 Å². The fraction of sp³-hybridized carbons (Fsp3) is 0.278. The summed E-state index contributed by atoms with van der Waals surface area (Å²) >= 11 is 13.2. The smallest absolute Gasteiger partial charge is 0.307 e. The summed E-state index contributed by atoms with van der Waals surface area (Å²) in [6.07, 6.45) is 4.60. The number of nitrogens with one attached hydrogen (secondary N) is 1. The minimum atomic E-state index is -0.919. The van der Waals surface area contributed by atoms with E-state index in [-0.39, 0.29) is 17.7 Å². The number of carboxylic acids is 1. The van der Waals surface area contributed by atoms with E-state index in [0.29, 0.717) is 20.9 Å². The van der Waals surface area contributed by atoms with E-state index in [9.17, 15) is 14.7 Å². The molecule has 2 N–H and O–H groups in total. The van der Waals surface area contributed by atoms with Gasteiger partial charge in [-0.3, -0.25) is 9.59 Å². The largest absolute Gasteiger partial charge is 0.481 e. The van der Waals surface area contributed by atoms with Crippen LogP contribution in [0.3, 0.4) is 0 Å². The molecule has 1 aromatic carbocycles. The van der Waals surface area contributed by atoms with Crippen molar-refractivity contribution >= 4 is 51.5 Å². The second-order valence-corrected chi connectivity index (χ2v) is 8.17. The zero-order valence-electron chi connectivity index (χ0n) is 13.4. The van der Waals surface area contributed by atoms with Crippen LogP contribution in [0.4, 0.5) is 5.13 Å². The predicted octanol–water partition coefficient (Wildman–Crippen LogP) is 4.58. The van der Waals surface area contributed by atoms with Crippen molar-refractivity contribution in [2.24, 2.45) is 23.7 Å². The van der Waals surface area contributed by atoms with E-state index < -0.39 is 17.8 Å². The van der Waals surface area contributed by atoms with E-state index in [1.807, 2.05) is 17.5 Å². The summed E-state index contributed by atoms with van der Waals surface area (Å²) in [5.41, 5.74) is 1.47. The van der Waals surface area contributed by atoms with Crippen molar-refractivity contribution < 1.29 is 14.7 Å². The molecule has 2 bridgehead atoms. The normalized spacial score (nSPS) is 26.2. The van der Waals surface area contributed by atoms with Gasteiger partial charge in [-0.1, -0.05) is 41.4 Å². The molecule has 1 saturated carbocycles. The van der Waals surface area contributed by atoms with Crippen LogP contribution in [0.1, 0.15) is 6.42 Å². The minimum Gasteiger partial charge on any atom is -0.481 e. The van der Waals surface area contributed by atoms with Crippen LogP contribution in [0.25, 0.3) is 11.3 Å². The molecule has 8 heteroatoms. The summed E-state index contributed by atoms with van der Waals surface area (Å²) in [4.78, 5) is 28.7. The van der Waals surface area contributed by atoms with Gasteiger partial charge in [0.05, 0.1) is 27.6 Å². The number of aromatic nitrogens is 1. The van der Waals surface area contributed by atoms with Crippen molar-refractivity contribution in [1.82, 2.24) is 4.98 Å². The molecule has 5 nitrogen and oxygen atoms in total. The maximum absolute atomic E-state index is 12.7. The first-order valence-corrected chi connectivity index (χ1v) is 9.70. The molecule has 0 saturated heterocycles. The third-order valence-electron chi connectivity index (χ3n) is 5.00. The van der Waals surface area contributed by atoms with Gasteiger partial charge >= 0.3 is 5.97 Å². The van der Waals surface area contributed by atoms with Gasteiger partial charge < -0.3 is 10.4 Å². The average Bonchev–Trinajstić information content (AvgIpc) is 3.32. The fourth-order valence-electron chi connectivity index (χ4n) is 3.82. The molecule has 2 aliphatic rings. The highest BCUT2D eigenvalue weighted by atomic mass is 35.5. The molecule has 4 atom stereocenters. The number of benzene rings is 1. The molecule has 0 aliphatic heterocycles. The first-order valence-electron chi connectivity index (χ1n) is 8.07. The lowest BCUT2D eigenvalue weighted by Crippen LogP contribution is -2.36. The van der Waals surface area contributed by atoms with Crippen molar-refractivity contribution in [3.05, 3.63) is 45.8 Å². The molecule has 4 rings (SSSR count). The molecule has 2 aromatic rings. The third-order valence-corrected chi connectivity index (χ3v) is 6.49. The summed E-state index contributed by atoms with van der Waals surface area (Å²) in [6, 6.07) is 5.21. The zero-order valence-corrected chi connectivity index (χ0v) is 15.7. The molecule has 1 aromatic heterocycles. The lowest BCUT2D eigenvalue weighted by molar-refractivity contribution is -0.146. The maximum atomic E-state index is 12.7. The third kappa shape index (κ3) is 3.02. The molecule has 1 heterocycles. The van der Waals surface area contributed by atoms with Gasteiger partial charge in [-0.2, -0.15) is 0 Å².